The van der Waals surface area contributed by atoms with Crippen LogP contribution in [0.25, 0.3) is 0 Å². The number of hydrogen-bond donors (Lipinski definition) is 1. The molecule has 0 saturated heterocycles. The van der Waals surface area contributed by atoms with Crippen LogP contribution in [0.2, 0.25) is 0 Å². The highest BCUT2D eigenvalue weighted by atomic mass is 32.1. The van der Waals surface area contributed by atoms with Crippen molar-refractivity contribution < 1.29 is 5.11 Å². The zero-order chi connectivity index (χ0) is 9.97. The van der Waals surface area contributed by atoms with Crippen LogP contribution in [-0.4, -0.2) is 28.1 Å². The highest BCUT2D eigenvalue weighted by Crippen LogP contribution is 2.25. The zero-order valence-electron chi connectivity index (χ0n) is 8.49. The molecule has 2 rings (SSSR count). The molecule has 0 amide bonds. The van der Waals surface area contributed by atoms with Crippen LogP contribution in [0.3, 0.4) is 0 Å². The van der Waals surface area contributed by atoms with Gasteiger partial charge in [0.25, 0.3) is 0 Å². The first-order chi connectivity index (χ1) is 6.83. The Bertz CT molecular complexity index is 311. The molecule has 14 heavy (non-hydrogen) atoms. The lowest BCUT2D eigenvalue weighted by atomic mass is 10.2. The summed E-state index contributed by atoms with van der Waals surface area (Å²) in [4.78, 5) is 8.22. The van der Waals surface area contributed by atoms with Gasteiger partial charge in [-0.15, -0.1) is 11.3 Å². The smallest absolute Gasteiger partial charge is 0.119 e. The van der Waals surface area contributed by atoms with Gasteiger partial charge in [0.15, 0.2) is 0 Å². The lowest BCUT2D eigenvalue weighted by Gasteiger charge is -2.25. The summed E-state index contributed by atoms with van der Waals surface area (Å²) in [5.41, 5.74) is 1.21. The summed E-state index contributed by atoms with van der Waals surface area (Å²) < 4.78 is 0. The number of fused-ring (bicyclic) bond motifs is 1. The fourth-order valence-corrected chi connectivity index (χ4v) is 2.89. The molecule has 0 aromatic carbocycles. The summed E-state index contributed by atoms with van der Waals surface area (Å²) >= 11 is 1.66. The highest BCUT2D eigenvalue weighted by molar-refractivity contribution is 7.11. The number of nitrogens with zero attached hydrogens (tertiary/aromatic N) is 2. The van der Waals surface area contributed by atoms with Crippen molar-refractivity contribution in [3.8, 4) is 0 Å². The van der Waals surface area contributed by atoms with Crippen molar-refractivity contribution in [3.63, 3.8) is 0 Å². The molecule has 0 unspecified atom stereocenters. The molecule has 78 valence electrons. The van der Waals surface area contributed by atoms with Crippen molar-refractivity contribution in [2.45, 2.75) is 32.9 Å². The quantitative estimate of drug-likeness (QED) is 0.823. The van der Waals surface area contributed by atoms with Crippen molar-refractivity contribution in [2.75, 3.05) is 13.1 Å². The van der Waals surface area contributed by atoms with E-state index in [4.69, 9.17) is 5.11 Å². The van der Waals surface area contributed by atoms with Gasteiger partial charge >= 0.3 is 0 Å². The molecule has 3 nitrogen and oxygen atoms in total. The van der Waals surface area contributed by atoms with Crippen LogP contribution in [-0.2, 0) is 19.6 Å². The number of aromatic nitrogens is 1. The molecular weight excluding hydrogens is 196 g/mol. The van der Waals surface area contributed by atoms with Gasteiger partial charge in [0, 0.05) is 24.4 Å². The van der Waals surface area contributed by atoms with E-state index in [0.29, 0.717) is 0 Å². The second-order valence-electron chi connectivity index (χ2n) is 3.66. The van der Waals surface area contributed by atoms with E-state index in [1.165, 1.54) is 23.5 Å². The van der Waals surface area contributed by atoms with E-state index in [2.05, 4.69) is 16.8 Å². The molecule has 2 heterocycles. The Hall–Kier alpha value is -0.450. The third kappa shape index (κ3) is 1.97. The fourth-order valence-electron chi connectivity index (χ4n) is 1.88. The molecule has 0 aliphatic carbocycles. The molecular formula is C10H16N2OS. The molecule has 1 aliphatic rings. The predicted octanol–water partition coefficient (Wildman–Crippen LogP) is 1.40. The standard InChI is InChI=1S/C10H16N2OS/c1-2-4-12-5-3-8-9(6-12)14-10(7-13)11-8/h13H,2-7H2,1H3. The monoisotopic (exact) mass is 212 g/mol. The van der Waals surface area contributed by atoms with Gasteiger partial charge in [-0.3, -0.25) is 4.90 Å². The van der Waals surface area contributed by atoms with E-state index in [0.717, 1.165) is 24.5 Å². The highest BCUT2D eigenvalue weighted by Gasteiger charge is 2.19. The van der Waals surface area contributed by atoms with E-state index in [1.807, 2.05) is 0 Å². The second kappa shape index (κ2) is 4.38. The third-order valence-electron chi connectivity index (χ3n) is 2.53. The minimum atomic E-state index is 0.0887. The Kier molecular flexibility index (Phi) is 3.15. The molecule has 0 bridgehead atoms. The molecule has 0 fully saturated rings. The van der Waals surface area contributed by atoms with Gasteiger partial charge in [0.05, 0.1) is 12.3 Å². The first-order valence-electron chi connectivity index (χ1n) is 5.14. The van der Waals surface area contributed by atoms with Gasteiger partial charge in [-0.2, -0.15) is 0 Å². The summed E-state index contributed by atoms with van der Waals surface area (Å²) in [5, 5.41) is 9.86. The molecule has 0 atom stereocenters. The molecule has 1 aromatic heterocycles. The van der Waals surface area contributed by atoms with Crippen LogP contribution in [0, 0.1) is 0 Å². The molecule has 1 aliphatic heterocycles. The SMILES string of the molecule is CCCN1CCc2nc(CO)sc2C1. The van der Waals surface area contributed by atoms with Gasteiger partial charge in [-0.1, -0.05) is 6.92 Å². The number of hydrogen-bond acceptors (Lipinski definition) is 4. The van der Waals surface area contributed by atoms with Crippen molar-refractivity contribution >= 4 is 11.3 Å². The van der Waals surface area contributed by atoms with Crippen molar-refractivity contribution in [1.29, 1.82) is 0 Å². The normalized spacial score (nSPS) is 17.0. The van der Waals surface area contributed by atoms with Crippen molar-refractivity contribution in [2.24, 2.45) is 0 Å². The Labute approximate surface area is 88.4 Å². The van der Waals surface area contributed by atoms with Crippen LogP contribution < -0.4 is 0 Å². The predicted molar refractivity (Wildman–Crippen MR) is 57.3 cm³/mol. The van der Waals surface area contributed by atoms with E-state index >= 15 is 0 Å². The van der Waals surface area contributed by atoms with E-state index in [9.17, 15) is 0 Å². The summed E-state index contributed by atoms with van der Waals surface area (Å²) in [5.74, 6) is 0. The minimum Gasteiger partial charge on any atom is -0.389 e. The molecule has 0 radical (unpaired) electrons. The lowest BCUT2D eigenvalue weighted by Crippen LogP contribution is -2.30. The summed E-state index contributed by atoms with van der Waals surface area (Å²) in [6, 6.07) is 0. The second-order valence-corrected chi connectivity index (χ2v) is 4.83. The molecule has 1 aromatic rings. The Morgan fingerprint density at radius 1 is 1.57 bits per heavy atom. The van der Waals surface area contributed by atoms with Crippen LogP contribution >= 0.6 is 11.3 Å². The number of aliphatic hydroxyl groups is 1. The molecule has 0 spiro atoms. The first-order valence-corrected chi connectivity index (χ1v) is 5.95. The summed E-state index contributed by atoms with van der Waals surface area (Å²) in [6.07, 6.45) is 2.26. The number of rotatable bonds is 3. The average Bonchev–Trinajstić information content (AvgIpc) is 2.60. The maximum Gasteiger partial charge on any atom is 0.119 e. The van der Waals surface area contributed by atoms with Crippen LogP contribution in [0.15, 0.2) is 0 Å². The summed E-state index contributed by atoms with van der Waals surface area (Å²) in [6.45, 7) is 5.62. The van der Waals surface area contributed by atoms with Gasteiger partial charge < -0.3 is 5.11 Å². The molecule has 0 saturated carbocycles. The largest absolute Gasteiger partial charge is 0.389 e. The fraction of sp³-hybridized carbons (Fsp3) is 0.700. The molecule has 4 heteroatoms. The summed E-state index contributed by atoms with van der Waals surface area (Å²) in [7, 11) is 0. The minimum absolute atomic E-state index is 0.0887. The van der Waals surface area contributed by atoms with Crippen molar-refractivity contribution in [3.05, 3.63) is 15.6 Å². The number of thiazole rings is 1. The van der Waals surface area contributed by atoms with Gasteiger partial charge in [-0.05, 0) is 13.0 Å². The van der Waals surface area contributed by atoms with E-state index in [1.54, 1.807) is 11.3 Å². The Balaban J connectivity index is 2.09. The average molecular weight is 212 g/mol. The van der Waals surface area contributed by atoms with Crippen LogP contribution in [0.1, 0.15) is 28.9 Å². The first kappa shape index (κ1) is 10.1. The number of aliphatic hydroxyl groups excluding tert-OH is 1. The van der Waals surface area contributed by atoms with Crippen molar-refractivity contribution in [1.82, 2.24) is 9.88 Å². The Morgan fingerprint density at radius 3 is 3.14 bits per heavy atom. The third-order valence-corrected chi connectivity index (χ3v) is 3.60. The lowest BCUT2D eigenvalue weighted by molar-refractivity contribution is 0.255. The van der Waals surface area contributed by atoms with Crippen LogP contribution in [0.4, 0.5) is 0 Å². The van der Waals surface area contributed by atoms with E-state index < -0.39 is 0 Å². The Morgan fingerprint density at radius 2 is 2.43 bits per heavy atom. The maximum absolute atomic E-state index is 8.99. The van der Waals surface area contributed by atoms with Gasteiger partial charge in [-0.25, -0.2) is 4.98 Å². The maximum atomic E-state index is 8.99. The topological polar surface area (TPSA) is 36.4 Å². The van der Waals surface area contributed by atoms with Gasteiger partial charge in [0.2, 0.25) is 0 Å². The van der Waals surface area contributed by atoms with E-state index in [-0.39, 0.29) is 6.61 Å². The van der Waals surface area contributed by atoms with Gasteiger partial charge in [0.1, 0.15) is 5.01 Å². The van der Waals surface area contributed by atoms with Crippen LogP contribution in [0.5, 0.6) is 0 Å². The zero-order valence-corrected chi connectivity index (χ0v) is 9.31. The molecule has 1 N–H and O–H groups in total.